The predicted molar refractivity (Wildman–Crippen MR) is 129 cm³/mol. The summed E-state index contributed by atoms with van der Waals surface area (Å²) in [4.78, 5) is 5.35. The van der Waals surface area contributed by atoms with Crippen molar-refractivity contribution in [3.63, 3.8) is 0 Å². The summed E-state index contributed by atoms with van der Waals surface area (Å²) in [6.45, 7) is 5.58. The van der Waals surface area contributed by atoms with Crippen LogP contribution in [0.15, 0.2) is 54.6 Å². The molecular weight excluding hydrogens is 397 g/mol. The number of rotatable bonds is 7. The molecule has 0 radical (unpaired) electrons. The molecule has 1 N–H and O–H groups in total. The number of piperidine rings is 1. The fourth-order valence-corrected chi connectivity index (χ4v) is 7.06. The minimum atomic E-state index is -0.0899. The summed E-state index contributed by atoms with van der Waals surface area (Å²) >= 11 is 0. The van der Waals surface area contributed by atoms with E-state index in [2.05, 4.69) is 58.6 Å². The van der Waals surface area contributed by atoms with Crippen LogP contribution in [0.2, 0.25) is 0 Å². The summed E-state index contributed by atoms with van der Waals surface area (Å²) in [5.74, 6) is 1.02. The summed E-state index contributed by atoms with van der Waals surface area (Å²) in [5.41, 5.74) is 2.57. The highest BCUT2D eigenvalue weighted by Gasteiger charge is 2.55. The zero-order valence-corrected chi connectivity index (χ0v) is 19.5. The van der Waals surface area contributed by atoms with Crippen LogP contribution in [0.1, 0.15) is 49.7 Å². The molecule has 2 saturated heterocycles. The van der Waals surface area contributed by atoms with E-state index in [1.807, 2.05) is 12.1 Å². The van der Waals surface area contributed by atoms with Crippen molar-refractivity contribution in [2.24, 2.45) is 11.8 Å². The third-order valence-corrected chi connectivity index (χ3v) is 8.58. The normalized spacial score (nSPS) is 27.2. The van der Waals surface area contributed by atoms with Gasteiger partial charge in [0.25, 0.3) is 0 Å². The quantitative estimate of drug-likeness (QED) is 0.658. The van der Waals surface area contributed by atoms with Crippen LogP contribution in [0.5, 0.6) is 0 Å². The van der Waals surface area contributed by atoms with E-state index in [-0.39, 0.29) is 11.4 Å². The van der Waals surface area contributed by atoms with Gasteiger partial charge >= 0.3 is 0 Å². The van der Waals surface area contributed by atoms with Gasteiger partial charge in [0, 0.05) is 25.7 Å². The fourth-order valence-electron chi connectivity index (χ4n) is 7.06. The van der Waals surface area contributed by atoms with E-state index >= 15 is 0 Å². The molecule has 1 saturated carbocycles. The van der Waals surface area contributed by atoms with Crippen molar-refractivity contribution < 1.29 is 4.39 Å². The number of hydrogen-bond donors (Lipinski definition) is 1. The van der Waals surface area contributed by atoms with Gasteiger partial charge in [0.1, 0.15) is 5.82 Å². The Kier molecular flexibility index (Phi) is 6.64. The summed E-state index contributed by atoms with van der Waals surface area (Å²) in [5, 5.41) is 3.66. The smallest absolute Gasteiger partial charge is 0.123 e. The molecule has 0 spiro atoms. The third-order valence-electron chi connectivity index (χ3n) is 8.58. The Hall–Kier alpha value is -1.75. The van der Waals surface area contributed by atoms with Gasteiger partial charge < -0.3 is 5.32 Å². The Labute approximate surface area is 193 Å². The number of hydrogen-bond acceptors (Lipinski definition) is 3. The molecule has 4 heteroatoms. The van der Waals surface area contributed by atoms with Gasteiger partial charge in [0.15, 0.2) is 0 Å². The van der Waals surface area contributed by atoms with Crippen LogP contribution in [0, 0.1) is 17.7 Å². The third kappa shape index (κ3) is 4.02. The highest BCUT2D eigenvalue weighted by molar-refractivity contribution is 5.31. The standard InChI is InChI=1S/C28H38FN3/c1-30-27-13-6-12-26(27)28(32-16-7-17-32,24-10-5-11-25(29)20-24)23-14-18-31(19-15-23)21-22-8-3-2-4-9-22/h2-5,8-11,20,23,26-27,30H,6-7,12-19,21H2,1H3. The molecule has 3 nitrogen and oxygen atoms in total. The van der Waals surface area contributed by atoms with E-state index in [0.29, 0.717) is 17.9 Å². The molecule has 1 aliphatic carbocycles. The first-order chi connectivity index (χ1) is 15.7. The Bertz CT molecular complexity index is 875. The van der Waals surface area contributed by atoms with E-state index < -0.39 is 0 Å². The molecule has 0 aromatic heterocycles. The van der Waals surface area contributed by atoms with Crippen LogP contribution in [0.25, 0.3) is 0 Å². The zero-order chi connectivity index (χ0) is 22.0. The molecule has 0 bridgehead atoms. The number of halogens is 1. The number of benzene rings is 2. The van der Waals surface area contributed by atoms with Crippen LogP contribution in [0.3, 0.4) is 0 Å². The molecule has 172 valence electrons. The van der Waals surface area contributed by atoms with Crippen LogP contribution in [-0.4, -0.2) is 49.1 Å². The molecule has 32 heavy (non-hydrogen) atoms. The topological polar surface area (TPSA) is 18.5 Å². The lowest BCUT2D eigenvalue weighted by Gasteiger charge is -2.59. The van der Waals surface area contributed by atoms with Crippen LogP contribution >= 0.6 is 0 Å². The molecule has 2 heterocycles. The molecule has 3 atom stereocenters. The number of nitrogens with one attached hydrogen (secondary N) is 1. The van der Waals surface area contributed by atoms with E-state index in [4.69, 9.17) is 0 Å². The van der Waals surface area contributed by atoms with Crippen molar-refractivity contribution in [1.29, 1.82) is 0 Å². The van der Waals surface area contributed by atoms with Gasteiger partial charge in [0.2, 0.25) is 0 Å². The summed E-state index contributed by atoms with van der Waals surface area (Å²) < 4.78 is 14.6. The van der Waals surface area contributed by atoms with Crippen molar-refractivity contribution in [3.8, 4) is 0 Å². The lowest BCUT2D eigenvalue weighted by atomic mass is 9.62. The maximum Gasteiger partial charge on any atom is 0.123 e. The van der Waals surface area contributed by atoms with E-state index in [1.165, 1.54) is 49.7 Å². The molecule has 2 aliphatic heterocycles. The van der Waals surface area contributed by atoms with Gasteiger partial charge in [-0.25, -0.2) is 4.39 Å². The number of likely N-dealkylation sites (tertiary alicyclic amines) is 2. The van der Waals surface area contributed by atoms with Crippen molar-refractivity contribution in [2.45, 2.75) is 56.7 Å². The van der Waals surface area contributed by atoms with Gasteiger partial charge in [-0.1, -0.05) is 48.9 Å². The van der Waals surface area contributed by atoms with Crippen LogP contribution in [-0.2, 0) is 12.1 Å². The summed E-state index contributed by atoms with van der Waals surface area (Å²) in [6, 6.07) is 19.0. The minimum Gasteiger partial charge on any atom is -0.317 e. The first kappa shape index (κ1) is 22.1. The van der Waals surface area contributed by atoms with E-state index in [0.717, 1.165) is 32.7 Å². The summed E-state index contributed by atoms with van der Waals surface area (Å²) in [7, 11) is 2.12. The lowest BCUT2D eigenvalue weighted by Crippen LogP contribution is -2.64. The van der Waals surface area contributed by atoms with Gasteiger partial charge in [0.05, 0.1) is 5.54 Å². The fraction of sp³-hybridized carbons (Fsp3) is 0.571. The van der Waals surface area contributed by atoms with Gasteiger partial charge in [-0.3, -0.25) is 9.80 Å². The second kappa shape index (κ2) is 9.62. The Morgan fingerprint density at radius 2 is 1.69 bits per heavy atom. The predicted octanol–water partition coefficient (Wildman–Crippen LogP) is 5.03. The monoisotopic (exact) mass is 435 g/mol. The zero-order valence-electron chi connectivity index (χ0n) is 19.5. The van der Waals surface area contributed by atoms with Crippen molar-refractivity contribution in [1.82, 2.24) is 15.1 Å². The maximum atomic E-state index is 14.6. The average Bonchev–Trinajstić information content (AvgIpc) is 3.26. The minimum absolute atomic E-state index is 0.0522. The second-order valence-electron chi connectivity index (χ2n) is 10.1. The molecule has 3 aliphatic rings. The van der Waals surface area contributed by atoms with E-state index in [1.54, 1.807) is 6.07 Å². The lowest BCUT2D eigenvalue weighted by molar-refractivity contribution is -0.0856. The average molecular weight is 436 g/mol. The highest BCUT2D eigenvalue weighted by Crippen LogP contribution is 2.53. The molecular formula is C28H38FN3. The largest absolute Gasteiger partial charge is 0.317 e. The molecule has 2 aromatic rings. The molecule has 3 fully saturated rings. The van der Waals surface area contributed by atoms with Crippen LogP contribution < -0.4 is 5.32 Å². The first-order valence-corrected chi connectivity index (χ1v) is 12.7. The summed E-state index contributed by atoms with van der Waals surface area (Å²) in [6.07, 6.45) is 7.38. The van der Waals surface area contributed by atoms with Gasteiger partial charge in [-0.15, -0.1) is 0 Å². The van der Waals surface area contributed by atoms with E-state index in [9.17, 15) is 4.39 Å². The van der Waals surface area contributed by atoms with Crippen molar-refractivity contribution in [2.75, 3.05) is 33.2 Å². The Morgan fingerprint density at radius 1 is 0.906 bits per heavy atom. The molecule has 5 rings (SSSR count). The molecule has 2 aromatic carbocycles. The Balaban J connectivity index is 1.46. The first-order valence-electron chi connectivity index (χ1n) is 12.7. The van der Waals surface area contributed by atoms with Crippen molar-refractivity contribution >= 4 is 0 Å². The Morgan fingerprint density at radius 3 is 2.34 bits per heavy atom. The maximum absolute atomic E-state index is 14.6. The second-order valence-corrected chi connectivity index (χ2v) is 10.1. The van der Waals surface area contributed by atoms with Gasteiger partial charge in [-0.2, -0.15) is 0 Å². The van der Waals surface area contributed by atoms with Crippen LogP contribution in [0.4, 0.5) is 4.39 Å². The number of nitrogens with zero attached hydrogens (tertiary/aromatic N) is 2. The van der Waals surface area contributed by atoms with Gasteiger partial charge in [-0.05, 0) is 87.3 Å². The SMILES string of the molecule is CNC1CCCC1C(c1cccc(F)c1)(C1CCN(Cc2ccccc2)CC1)N1CCC1. The molecule has 0 amide bonds. The van der Waals surface area contributed by atoms with Crippen molar-refractivity contribution in [3.05, 3.63) is 71.5 Å². The molecule has 3 unspecified atom stereocenters. The highest BCUT2D eigenvalue weighted by atomic mass is 19.1.